The largest absolute Gasteiger partial charge is 0.493 e. The standard InChI is InChI=1S/C23H26N4O5S.ClH/c1-31-20-11-16(21-17(13-24-23(21)28)22(20)32-33(2,29)30)19-10-15-14(6-5-7-18(15)26-19)12-25-27-8-3-4-9-27;/h5-7,10-11,25-26H,3-4,8-9,12-13H2,1-2H3,(H,24,28);1H. The number of ether oxygens (including phenoxy) is 1. The number of nitrogens with one attached hydrogen (secondary N) is 3. The van der Waals surface area contributed by atoms with Crippen LogP contribution in [-0.4, -0.2) is 50.8 Å². The summed E-state index contributed by atoms with van der Waals surface area (Å²) in [4.78, 5) is 16.1. The number of benzene rings is 2. The third-order valence-electron chi connectivity index (χ3n) is 6.10. The minimum Gasteiger partial charge on any atom is -0.493 e. The van der Waals surface area contributed by atoms with Gasteiger partial charge in [-0.15, -0.1) is 12.4 Å². The van der Waals surface area contributed by atoms with Gasteiger partial charge in [0.25, 0.3) is 5.91 Å². The Morgan fingerprint density at radius 3 is 2.65 bits per heavy atom. The van der Waals surface area contributed by atoms with E-state index in [0.29, 0.717) is 23.2 Å². The maximum Gasteiger partial charge on any atom is 0.306 e. The van der Waals surface area contributed by atoms with Crippen molar-refractivity contribution in [1.29, 1.82) is 0 Å². The van der Waals surface area contributed by atoms with Crippen LogP contribution in [0, 0.1) is 0 Å². The van der Waals surface area contributed by atoms with E-state index < -0.39 is 10.1 Å². The van der Waals surface area contributed by atoms with Crippen LogP contribution in [0.5, 0.6) is 11.5 Å². The van der Waals surface area contributed by atoms with Gasteiger partial charge in [-0.05, 0) is 36.6 Å². The number of halogens is 1. The summed E-state index contributed by atoms with van der Waals surface area (Å²) in [6, 6.07) is 9.76. The number of methoxy groups -OCH3 is 1. The zero-order valence-electron chi connectivity index (χ0n) is 18.9. The van der Waals surface area contributed by atoms with Crippen molar-refractivity contribution in [3.8, 4) is 22.8 Å². The molecule has 1 amide bonds. The third-order valence-corrected chi connectivity index (χ3v) is 6.57. The molecule has 9 nitrogen and oxygen atoms in total. The summed E-state index contributed by atoms with van der Waals surface area (Å²) >= 11 is 0. The van der Waals surface area contributed by atoms with E-state index in [4.69, 9.17) is 8.92 Å². The number of nitrogens with zero attached hydrogens (tertiary/aromatic N) is 1. The van der Waals surface area contributed by atoms with Crippen LogP contribution in [-0.2, 0) is 23.2 Å². The molecule has 3 N–H and O–H groups in total. The van der Waals surface area contributed by atoms with Crippen LogP contribution < -0.4 is 19.7 Å². The summed E-state index contributed by atoms with van der Waals surface area (Å²) in [6.45, 7) is 2.97. The molecule has 2 aliphatic rings. The van der Waals surface area contributed by atoms with Gasteiger partial charge in [0.15, 0.2) is 11.5 Å². The van der Waals surface area contributed by atoms with E-state index in [1.165, 1.54) is 20.0 Å². The lowest BCUT2D eigenvalue weighted by Gasteiger charge is -2.16. The summed E-state index contributed by atoms with van der Waals surface area (Å²) in [5.41, 5.74) is 7.83. The number of carbonyl (C=O) groups is 1. The van der Waals surface area contributed by atoms with Crippen LogP contribution in [0.15, 0.2) is 30.3 Å². The molecule has 0 atom stereocenters. The second-order valence-corrected chi connectivity index (χ2v) is 9.94. The van der Waals surface area contributed by atoms with Crippen molar-refractivity contribution in [1.82, 2.24) is 20.7 Å². The number of aromatic amines is 1. The van der Waals surface area contributed by atoms with Crippen LogP contribution in [0.25, 0.3) is 22.2 Å². The molecule has 0 spiro atoms. The smallest absolute Gasteiger partial charge is 0.306 e. The number of hydrogen-bond donors (Lipinski definition) is 3. The molecule has 182 valence electrons. The van der Waals surface area contributed by atoms with Gasteiger partial charge in [0.2, 0.25) is 0 Å². The lowest BCUT2D eigenvalue weighted by Crippen LogP contribution is -2.34. The number of fused-ring (bicyclic) bond motifs is 2. The van der Waals surface area contributed by atoms with Gasteiger partial charge in [0.05, 0.1) is 18.9 Å². The fraction of sp³-hybridized carbons (Fsp3) is 0.348. The zero-order chi connectivity index (χ0) is 23.2. The number of hydrazine groups is 1. The molecule has 1 saturated heterocycles. The monoisotopic (exact) mass is 506 g/mol. The van der Waals surface area contributed by atoms with Crippen molar-refractivity contribution in [2.75, 3.05) is 26.5 Å². The van der Waals surface area contributed by atoms with E-state index in [0.717, 1.165) is 41.5 Å². The van der Waals surface area contributed by atoms with E-state index in [2.05, 4.69) is 26.8 Å². The first kappa shape index (κ1) is 24.3. The number of rotatable bonds is 7. The van der Waals surface area contributed by atoms with Crippen LogP contribution in [0.2, 0.25) is 0 Å². The SMILES string of the molecule is COc1cc(-c2cc3c(CNN4CCCC4)cccc3[nH]2)c2c(c1OS(C)(=O)=O)CNC2=O.Cl. The summed E-state index contributed by atoms with van der Waals surface area (Å²) < 4.78 is 34.3. The van der Waals surface area contributed by atoms with Crippen LogP contribution >= 0.6 is 12.4 Å². The lowest BCUT2D eigenvalue weighted by atomic mass is 9.98. The molecule has 0 unspecified atom stereocenters. The summed E-state index contributed by atoms with van der Waals surface area (Å²) in [7, 11) is -2.36. The van der Waals surface area contributed by atoms with Gasteiger partial charge >= 0.3 is 10.1 Å². The van der Waals surface area contributed by atoms with Crippen LogP contribution in [0.1, 0.15) is 34.3 Å². The van der Waals surface area contributed by atoms with E-state index in [-0.39, 0.29) is 36.4 Å². The molecule has 0 aliphatic carbocycles. The maximum absolute atomic E-state index is 12.7. The fourth-order valence-electron chi connectivity index (χ4n) is 4.57. The molecule has 3 heterocycles. The molecule has 0 bridgehead atoms. The van der Waals surface area contributed by atoms with Gasteiger partial charge in [-0.2, -0.15) is 8.42 Å². The number of aromatic nitrogens is 1. The summed E-state index contributed by atoms with van der Waals surface area (Å²) in [6.07, 6.45) is 3.38. The summed E-state index contributed by atoms with van der Waals surface area (Å²) in [5, 5.41) is 6.07. The van der Waals surface area contributed by atoms with Gasteiger partial charge in [-0.25, -0.2) is 5.01 Å². The average molecular weight is 507 g/mol. The molecule has 3 aromatic rings. The number of carbonyl (C=O) groups excluding carboxylic acids is 1. The minimum absolute atomic E-state index is 0. The Balaban J connectivity index is 0.00000274. The normalized spacial score (nSPS) is 15.8. The number of amides is 1. The van der Waals surface area contributed by atoms with E-state index in [1.54, 1.807) is 6.07 Å². The van der Waals surface area contributed by atoms with Gasteiger partial charge in [0, 0.05) is 53.9 Å². The Morgan fingerprint density at radius 2 is 1.94 bits per heavy atom. The first-order valence-electron chi connectivity index (χ1n) is 10.8. The van der Waals surface area contributed by atoms with Gasteiger partial charge in [-0.1, -0.05) is 12.1 Å². The molecule has 5 rings (SSSR count). The fourth-order valence-corrected chi connectivity index (χ4v) is 5.06. The second kappa shape index (κ2) is 9.46. The van der Waals surface area contributed by atoms with Crippen molar-refractivity contribution in [3.05, 3.63) is 47.0 Å². The highest BCUT2D eigenvalue weighted by Crippen LogP contribution is 2.43. The highest BCUT2D eigenvalue weighted by molar-refractivity contribution is 7.86. The highest BCUT2D eigenvalue weighted by atomic mass is 35.5. The highest BCUT2D eigenvalue weighted by Gasteiger charge is 2.32. The topological polar surface area (TPSA) is 113 Å². The van der Waals surface area contributed by atoms with Crippen LogP contribution in [0.3, 0.4) is 0 Å². The van der Waals surface area contributed by atoms with Gasteiger partial charge in [-0.3, -0.25) is 10.2 Å². The van der Waals surface area contributed by atoms with Crippen molar-refractivity contribution in [2.24, 2.45) is 0 Å². The van der Waals surface area contributed by atoms with Gasteiger partial charge < -0.3 is 19.2 Å². The second-order valence-electron chi connectivity index (χ2n) is 8.37. The molecule has 2 aromatic carbocycles. The molecule has 34 heavy (non-hydrogen) atoms. The Hall–Kier alpha value is -2.79. The van der Waals surface area contributed by atoms with Crippen molar-refractivity contribution in [3.63, 3.8) is 0 Å². The number of H-pyrrole nitrogens is 1. The predicted molar refractivity (Wildman–Crippen MR) is 132 cm³/mol. The molecule has 1 fully saturated rings. The van der Waals surface area contributed by atoms with E-state index >= 15 is 0 Å². The van der Waals surface area contributed by atoms with Crippen molar-refractivity contribution < 1.29 is 22.1 Å². The zero-order valence-corrected chi connectivity index (χ0v) is 20.6. The Labute approximate surface area is 204 Å². The Morgan fingerprint density at radius 1 is 1.18 bits per heavy atom. The maximum atomic E-state index is 12.7. The Bertz CT molecular complexity index is 1350. The quantitative estimate of drug-likeness (QED) is 0.422. The van der Waals surface area contributed by atoms with E-state index in [9.17, 15) is 13.2 Å². The minimum atomic E-state index is -3.80. The van der Waals surface area contributed by atoms with Crippen LogP contribution in [0.4, 0.5) is 0 Å². The van der Waals surface area contributed by atoms with Gasteiger partial charge in [0.1, 0.15) is 0 Å². The molecule has 1 aromatic heterocycles. The van der Waals surface area contributed by atoms with Crippen molar-refractivity contribution in [2.45, 2.75) is 25.9 Å². The first-order chi connectivity index (χ1) is 15.8. The summed E-state index contributed by atoms with van der Waals surface area (Å²) in [5.74, 6) is 0.0135. The molecular weight excluding hydrogens is 480 g/mol. The first-order valence-corrected chi connectivity index (χ1v) is 12.7. The number of hydrogen-bond acceptors (Lipinski definition) is 7. The third kappa shape index (κ3) is 4.58. The van der Waals surface area contributed by atoms with Crippen molar-refractivity contribution >= 4 is 39.3 Å². The molecule has 0 radical (unpaired) electrons. The molecule has 2 aliphatic heterocycles. The molecule has 11 heteroatoms. The Kier molecular flexibility index (Phi) is 6.77. The predicted octanol–water partition coefficient (Wildman–Crippen LogP) is 2.95. The lowest BCUT2D eigenvalue weighted by molar-refractivity contribution is 0.0966. The molecular formula is C23H27ClN4O5S. The molecule has 0 saturated carbocycles. The van der Waals surface area contributed by atoms with E-state index in [1.807, 2.05) is 18.2 Å². The average Bonchev–Trinajstić information content (AvgIpc) is 3.51.